The number of alkyl halides is 1. The van der Waals surface area contributed by atoms with Crippen molar-refractivity contribution in [3.8, 4) is 5.75 Å². The van der Waals surface area contributed by atoms with E-state index in [9.17, 15) is 9.50 Å². The van der Waals surface area contributed by atoms with Crippen LogP contribution in [0.1, 0.15) is 71.9 Å². The Bertz CT molecular complexity index is 716. The quantitative estimate of drug-likeness (QED) is 0.376. The molecule has 0 radical (unpaired) electrons. The Morgan fingerprint density at radius 3 is 2.39 bits per heavy atom. The standard InChI is InChI=1S/C24H35FO2S/c1-9-11-22(12-16(3)24(7,8)25)27-23-14-20(18(5)26)13-21(15-23)19(6)28-17(4)10-2/h10,13-16,22,26H,5-6,9,11-12H2,1-4,7-8H3/b17-10-. The number of hydrogen-bond donors (Lipinski definition) is 1. The summed E-state index contributed by atoms with van der Waals surface area (Å²) in [6.45, 7) is 19.0. The first-order chi connectivity index (χ1) is 13.0. The molecule has 2 nitrogen and oxygen atoms in total. The van der Waals surface area contributed by atoms with Crippen LogP contribution in [0.4, 0.5) is 4.39 Å². The van der Waals surface area contributed by atoms with Crippen LogP contribution in [0.25, 0.3) is 10.7 Å². The van der Waals surface area contributed by atoms with Crippen LogP contribution in [0, 0.1) is 5.92 Å². The molecule has 0 bridgehead atoms. The molecule has 0 aliphatic rings. The predicted octanol–water partition coefficient (Wildman–Crippen LogP) is 8.16. The van der Waals surface area contributed by atoms with Gasteiger partial charge in [-0.05, 0) is 75.1 Å². The summed E-state index contributed by atoms with van der Waals surface area (Å²) in [6.07, 6.45) is 4.35. The number of aliphatic hydroxyl groups excluding tert-OH is 1. The average molecular weight is 407 g/mol. The van der Waals surface area contributed by atoms with E-state index in [-0.39, 0.29) is 17.8 Å². The van der Waals surface area contributed by atoms with Crippen molar-refractivity contribution in [3.05, 3.63) is 53.5 Å². The lowest BCUT2D eigenvalue weighted by atomic mass is 9.88. The summed E-state index contributed by atoms with van der Waals surface area (Å²) in [4.78, 5) is 2.01. The summed E-state index contributed by atoms with van der Waals surface area (Å²) >= 11 is 1.58. The molecular formula is C24H35FO2S. The minimum atomic E-state index is -1.25. The molecule has 28 heavy (non-hydrogen) atoms. The molecule has 1 N–H and O–H groups in total. The molecule has 156 valence electrons. The van der Waals surface area contributed by atoms with Crippen molar-refractivity contribution in [2.75, 3.05) is 0 Å². The third kappa shape index (κ3) is 7.75. The fourth-order valence-corrected chi connectivity index (χ4v) is 3.46. The number of rotatable bonds is 11. The summed E-state index contributed by atoms with van der Waals surface area (Å²) in [6, 6.07) is 5.56. The van der Waals surface area contributed by atoms with Crippen LogP contribution in [0.3, 0.4) is 0 Å². The molecule has 0 spiro atoms. The van der Waals surface area contributed by atoms with Crippen molar-refractivity contribution in [1.82, 2.24) is 0 Å². The Labute approximate surface area is 174 Å². The number of thioether (sulfide) groups is 1. The number of halogens is 1. The topological polar surface area (TPSA) is 29.5 Å². The lowest BCUT2D eigenvalue weighted by Crippen LogP contribution is -2.29. The zero-order chi connectivity index (χ0) is 21.5. The van der Waals surface area contributed by atoms with Crippen molar-refractivity contribution < 1.29 is 14.2 Å². The van der Waals surface area contributed by atoms with Gasteiger partial charge in [0.1, 0.15) is 17.2 Å². The first-order valence-electron chi connectivity index (χ1n) is 9.86. The zero-order valence-corrected chi connectivity index (χ0v) is 19.0. The van der Waals surface area contributed by atoms with Gasteiger partial charge in [-0.25, -0.2) is 4.39 Å². The summed E-state index contributed by atoms with van der Waals surface area (Å²) in [5, 5.41) is 9.92. The van der Waals surface area contributed by atoms with E-state index in [2.05, 4.69) is 20.1 Å². The Balaban J connectivity index is 3.15. The van der Waals surface area contributed by atoms with Gasteiger partial charge in [0.2, 0.25) is 0 Å². The SMILES string of the molecule is C=C(O)c1cc(OC(CCC)CC(C)C(C)(C)F)cc(C(=C)S/C(C)=C\C)c1. The smallest absolute Gasteiger partial charge is 0.121 e. The van der Waals surface area contributed by atoms with Crippen LogP contribution in [-0.4, -0.2) is 16.9 Å². The van der Waals surface area contributed by atoms with E-state index in [1.54, 1.807) is 31.7 Å². The monoisotopic (exact) mass is 406 g/mol. The van der Waals surface area contributed by atoms with Crippen LogP contribution in [0.15, 0.2) is 42.3 Å². The van der Waals surface area contributed by atoms with E-state index in [1.165, 1.54) is 0 Å². The Morgan fingerprint density at radius 1 is 1.29 bits per heavy atom. The van der Waals surface area contributed by atoms with E-state index in [4.69, 9.17) is 4.74 Å². The molecule has 0 saturated carbocycles. The predicted molar refractivity (Wildman–Crippen MR) is 122 cm³/mol. The maximum absolute atomic E-state index is 14.3. The molecule has 4 heteroatoms. The molecule has 0 aliphatic heterocycles. The normalized spacial score (nSPS) is 14.5. The zero-order valence-electron chi connectivity index (χ0n) is 18.1. The third-order valence-corrected chi connectivity index (χ3v) is 5.99. The summed E-state index contributed by atoms with van der Waals surface area (Å²) < 4.78 is 20.5. The second-order valence-corrected chi connectivity index (χ2v) is 9.19. The molecule has 1 aromatic rings. The summed E-state index contributed by atoms with van der Waals surface area (Å²) in [5.41, 5.74) is 0.223. The van der Waals surface area contributed by atoms with Crippen LogP contribution < -0.4 is 4.74 Å². The number of aliphatic hydroxyl groups is 1. The van der Waals surface area contributed by atoms with Crippen molar-refractivity contribution >= 4 is 22.4 Å². The maximum Gasteiger partial charge on any atom is 0.121 e. The Kier molecular flexibility index (Phi) is 9.35. The van der Waals surface area contributed by atoms with Gasteiger partial charge >= 0.3 is 0 Å². The van der Waals surface area contributed by atoms with Gasteiger partial charge in [0.25, 0.3) is 0 Å². The molecule has 2 unspecified atom stereocenters. The van der Waals surface area contributed by atoms with Crippen LogP contribution >= 0.6 is 11.8 Å². The van der Waals surface area contributed by atoms with Gasteiger partial charge in [-0.2, -0.15) is 0 Å². The second kappa shape index (κ2) is 10.8. The van der Waals surface area contributed by atoms with Gasteiger partial charge in [-0.1, -0.05) is 51.3 Å². The van der Waals surface area contributed by atoms with Crippen molar-refractivity contribution in [2.24, 2.45) is 5.92 Å². The third-order valence-electron chi connectivity index (χ3n) is 4.95. The highest BCUT2D eigenvalue weighted by Crippen LogP contribution is 2.36. The second-order valence-electron chi connectivity index (χ2n) is 7.85. The van der Waals surface area contributed by atoms with E-state index >= 15 is 0 Å². The van der Waals surface area contributed by atoms with E-state index in [1.807, 2.05) is 39.0 Å². The molecule has 0 fully saturated rings. The van der Waals surface area contributed by atoms with Gasteiger partial charge in [-0.15, -0.1) is 0 Å². The van der Waals surface area contributed by atoms with E-state index < -0.39 is 5.67 Å². The molecule has 0 amide bonds. The maximum atomic E-state index is 14.3. The van der Waals surface area contributed by atoms with Crippen LogP contribution in [-0.2, 0) is 0 Å². The fourth-order valence-electron chi connectivity index (χ4n) is 2.72. The van der Waals surface area contributed by atoms with Crippen LogP contribution in [0.2, 0.25) is 0 Å². The Hall–Kier alpha value is -1.68. The van der Waals surface area contributed by atoms with Gasteiger partial charge < -0.3 is 9.84 Å². The molecule has 0 aromatic heterocycles. The lowest BCUT2D eigenvalue weighted by Gasteiger charge is -2.28. The van der Waals surface area contributed by atoms with Gasteiger partial charge in [-0.3, -0.25) is 0 Å². The highest BCUT2D eigenvalue weighted by atomic mass is 32.2. The number of hydrogen-bond acceptors (Lipinski definition) is 3. The summed E-state index contributed by atoms with van der Waals surface area (Å²) in [7, 11) is 0. The minimum Gasteiger partial charge on any atom is -0.508 e. The van der Waals surface area contributed by atoms with Crippen molar-refractivity contribution in [3.63, 3.8) is 0 Å². The largest absolute Gasteiger partial charge is 0.508 e. The van der Waals surface area contributed by atoms with Gasteiger partial charge in [0.15, 0.2) is 0 Å². The van der Waals surface area contributed by atoms with E-state index in [0.717, 1.165) is 28.2 Å². The number of benzene rings is 1. The molecular weight excluding hydrogens is 371 g/mol. The van der Waals surface area contributed by atoms with Crippen molar-refractivity contribution in [1.29, 1.82) is 0 Å². The van der Waals surface area contributed by atoms with Gasteiger partial charge in [0.05, 0.1) is 6.10 Å². The minimum absolute atomic E-state index is 0.0162. The lowest BCUT2D eigenvalue weighted by molar-refractivity contribution is 0.0802. The molecule has 0 heterocycles. The number of allylic oxidation sites excluding steroid dienone is 2. The number of ether oxygens (including phenoxy) is 1. The first-order valence-corrected chi connectivity index (χ1v) is 10.7. The van der Waals surface area contributed by atoms with Crippen LogP contribution in [0.5, 0.6) is 5.75 Å². The highest BCUT2D eigenvalue weighted by Gasteiger charge is 2.28. The highest BCUT2D eigenvalue weighted by molar-refractivity contribution is 8.11. The molecule has 1 aromatic carbocycles. The summed E-state index contributed by atoms with van der Waals surface area (Å²) in [5.74, 6) is 0.504. The average Bonchev–Trinajstić information content (AvgIpc) is 2.60. The molecule has 2 atom stereocenters. The van der Waals surface area contributed by atoms with Crippen molar-refractivity contribution in [2.45, 2.75) is 72.6 Å². The molecule has 1 rings (SSSR count). The van der Waals surface area contributed by atoms with E-state index in [0.29, 0.717) is 17.7 Å². The first kappa shape index (κ1) is 24.4. The molecule has 0 aliphatic carbocycles. The van der Waals surface area contributed by atoms with Gasteiger partial charge in [0, 0.05) is 10.5 Å². The Morgan fingerprint density at radius 2 is 1.89 bits per heavy atom. The fraction of sp³-hybridized carbons (Fsp3) is 0.500. The molecule has 0 saturated heterocycles.